The number of hydrogen-bond donors (Lipinski definition) is 0. The molecule has 2 aromatic rings. The Morgan fingerprint density at radius 1 is 0.875 bits per heavy atom. The lowest BCUT2D eigenvalue weighted by Gasteiger charge is -2.09. The molecule has 0 aliphatic carbocycles. The van der Waals surface area contributed by atoms with E-state index in [0.717, 1.165) is 16.7 Å². The van der Waals surface area contributed by atoms with Crippen LogP contribution in [0.15, 0.2) is 42.5 Å². The molecule has 1 nitrogen and oxygen atoms in total. The van der Waals surface area contributed by atoms with Crippen LogP contribution in [0.2, 0.25) is 0 Å². The zero-order valence-electron chi connectivity index (χ0n) is 9.49. The first-order valence-electron chi connectivity index (χ1n) is 5.29. The van der Waals surface area contributed by atoms with Crippen molar-refractivity contribution in [2.24, 2.45) is 0 Å². The molecule has 0 spiro atoms. The highest BCUT2D eigenvalue weighted by atomic mass is 14.2. The van der Waals surface area contributed by atoms with Crippen LogP contribution in [0.1, 0.15) is 16.7 Å². The molecule has 0 atom stereocenters. The summed E-state index contributed by atoms with van der Waals surface area (Å²) >= 11 is 0. The van der Waals surface area contributed by atoms with E-state index in [9.17, 15) is 0 Å². The summed E-state index contributed by atoms with van der Waals surface area (Å²) in [6, 6.07) is 16.3. The third-order valence-corrected chi connectivity index (χ3v) is 2.89. The fraction of sp³-hybridized carbons (Fsp3) is 0.133. The molecule has 0 N–H and O–H groups in total. The lowest BCUT2D eigenvalue weighted by Crippen LogP contribution is -1.89. The first-order valence-corrected chi connectivity index (χ1v) is 5.29. The monoisotopic (exact) mass is 207 g/mol. The van der Waals surface area contributed by atoms with Gasteiger partial charge in [0.15, 0.2) is 0 Å². The van der Waals surface area contributed by atoms with Gasteiger partial charge in [0.1, 0.15) is 0 Å². The standard InChI is InChI=1S/C15H13N/c1-11-6-3-4-8-14(11)15-9-5-7-13(10-16)12(15)2/h3-9H,1-2H3. The second kappa shape index (κ2) is 4.20. The Bertz CT molecular complexity index is 562. The second-order valence-electron chi connectivity index (χ2n) is 3.90. The Morgan fingerprint density at radius 2 is 1.56 bits per heavy atom. The second-order valence-corrected chi connectivity index (χ2v) is 3.90. The first kappa shape index (κ1) is 10.4. The average molecular weight is 207 g/mol. The largest absolute Gasteiger partial charge is 0.192 e. The zero-order chi connectivity index (χ0) is 11.5. The number of aryl methyl sites for hydroxylation is 1. The van der Waals surface area contributed by atoms with Crippen LogP contribution in [0.5, 0.6) is 0 Å². The summed E-state index contributed by atoms with van der Waals surface area (Å²) in [4.78, 5) is 0. The maximum atomic E-state index is 9.01. The number of rotatable bonds is 1. The quantitative estimate of drug-likeness (QED) is 0.697. The van der Waals surface area contributed by atoms with Crippen molar-refractivity contribution in [2.45, 2.75) is 13.8 Å². The predicted molar refractivity (Wildman–Crippen MR) is 66.1 cm³/mol. The summed E-state index contributed by atoms with van der Waals surface area (Å²) in [5.74, 6) is 0. The van der Waals surface area contributed by atoms with Gasteiger partial charge in [0, 0.05) is 0 Å². The summed E-state index contributed by atoms with van der Waals surface area (Å²) in [7, 11) is 0. The highest BCUT2D eigenvalue weighted by Gasteiger charge is 2.06. The van der Waals surface area contributed by atoms with Crippen LogP contribution in [-0.4, -0.2) is 0 Å². The smallest absolute Gasteiger partial charge is 0.0994 e. The molecule has 0 aliphatic heterocycles. The molecule has 0 saturated heterocycles. The van der Waals surface area contributed by atoms with Gasteiger partial charge >= 0.3 is 0 Å². The molecule has 0 saturated carbocycles. The van der Waals surface area contributed by atoms with Crippen molar-refractivity contribution in [2.75, 3.05) is 0 Å². The summed E-state index contributed by atoms with van der Waals surface area (Å²) in [6.45, 7) is 4.09. The van der Waals surface area contributed by atoms with Crippen LogP contribution < -0.4 is 0 Å². The molecule has 0 unspecified atom stereocenters. The van der Waals surface area contributed by atoms with E-state index >= 15 is 0 Å². The minimum atomic E-state index is 0.751. The summed E-state index contributed by atoms with van der Waals surface area (Å²) in [5.41, 5.74) is 5.40. The van der Waals surface area contributed by atoms with Crippen molar-refractivity contribution in [1.29, 1.82) is 5.26 Å². The zero-order valence-corrected chi connectivity index (χ0v) is 9.49. The Morgan fingerprint density at radius 3 is 2.25 bits per heavy atom. The van der Waals surface area contributed by atoms with Gasteiger partial charge in [0.2, 0.25) is 0 Å². The van der Waals surface area contributed by atoms with Crippen LogP contribution in [-0.2, 0) is 0 Å². The molecule has 2 aromatic carbocycles. The van der Waals surface area contributed by atoms with E-state index in [1.165, 1.54) is 11.1 Å². The molecule has 78 valence electrons. The van der Waals surface area contributed by atoms with Crippen molar-refractivity contribution in [3.8, 4) is 17.2 Å². The average Bonchev–Trinajstić information content (AvgIpc) is 2.31. The summed E-state index contributed by atoms with van der Waals surface area (Å²) in [6.07, 6.45) is 0. The van der Waals surface area contributed by atoms with Crippen LogP contribution in [0, 0.1) is 25.2 Å². The molecule has 0 amide bonds. The fourth-order valence-corrected chi connectivity index (χ4v) is 1.92. The Balaban J connectivity index is 2.67. The number of nitriles is 1. The van der Waals surface area contributed by atoms with E-state index in [0.29, 0.717) is 0 Å². The first-order chi connectivity index (χ1) is 7.74. The lowest BCUT2D eigenvalue weighted by atomic mass is 9.94. The van der Waals surface area contributed by atoms with Crippen molar-refractivity contribution >= 4 is 0 Å². The molecule has 2 rings (SSSR count). The minimum Gasteiger partial charge on any atom is -0.192 e. The van der Waals surface area contributed by atoms with Gasteiger partial charge in [-0.05, 0) is 42.2 Å². The molecule has 0 radical (unpaired) electrons. The molecular formula is C15H13N. The number of hydrogen-bond acceptors (Lipinski definition) is 1. The van der Waals surface area contributed by atoms with E-state index in [-0.39, 0.29) is 0 Å². The highest BCUT2D eigenvalue weighted by Crippen LogP contribution is 2.27. The minimum absolute atomic E-state index is 0.751. The summed E-state index contributed by atoms with van der Waals surface area (Å²) < 4.78 is 0. The van der Waals surface area contributed by atoms with Crippen molar-refractivity contribution < 1.29 is 0 Å². The Kier molecular flexibility index (Phi) is 2.74. The molecule has 16 heavy (non-hydrogen) atoms. The van der Waals surface area contributed by atoms with Gasteiger partial charge in [-0.2, -0.15) is 5.26 Å². The van der Waals surface area contributed by atoms with Crippen LogP contribution >= 0.6 is 0 Å². The molecule has 0 fully saturated rings. The van der Waals surface area contributed by atoms with Crippen molar-refractivity contribution in [3.63, 3.8) is 0 Å². The van der Waals surface area contributed by atoms with E-state index in [4.69, 9.17) is 5.26 Å². The van der Waals surface area contributed by atoms with Crippen LogP contribution in [0.3, 0.4) is 0 Å². The van der Waals surface area contributed by atoms with Gasteiger partial charge < -0.3 is 0 Å². The molecular weight excluding hydrogens is 194 g/mol. The topological polar surface area (TPSA) is 23.8 Å². The third kappa shape index (κ3) is 1.70. The molecule has 1 heteroatoms. The van der Waals surface area contributed by atoms with E-state index in [1.807, 2.05) is 31.2 Å². The van der Waals surface area contributed by atoms with Gasteiger partial charge in [-0.15, -0.1) is 0 Å². The molecule has 0 bridgehead atoms. The lowest BCUT2D eigenvalue weighted by molar-refractivity contribution is 1.37. The maximum Gasteiger partial charge on any atom is 0.0994 e. The van der Waals surface area contributed by atoms with E-state index in [1.54, 1.807) is 0 Å². The number of benzene rings is 2. The fourth-order valence-electron chi connectivity index (χ4n) is 1.92. The predicted octanol–water partition coefficient (Wildman–Crippen LogP) is 3.84. The number of nitrogens with zero attached hydrogens (tertiary/aromatic N) is 1. The van der Waals surface area contributed by atoms with Gasteiger partial charge in [0.25, 0.3) is 0 Å². The maximum absolute atomic E-state index is 9.01. The molecule has 0 aliphatic rings. The summed E-state index contributed by atoms with van der Waals surface area (Å²) in [5, 5.41) is 9.01. The van der Waals surface area contributed by atoms with Crippen molar-refractivity contribution in [1.82, 2.24) is 0 Å². The van der Waals surface area contributed by atoms with Gasteiger partial charge in [-0.25, -0.2) is 0 Å². The normalized spacial score (nSPS) is 9.81. The van der Waals surface area contributed by atoms with E-state index < -0.39 is 0 Å². The van der Waals surface area contributed by atoms with Gasteiger partial charge in [-0.1, -0.05) is 36.4 Å². The highest BCUT2D eigenvalue weighted by molar-refractivity contribution is 5.72. The Labute approximate surface area is 96.0 Å². The Hall–Kier alpha value is -2.07. The van der Waals surface area contributed by atoms with Gasteiger partial charge in [-0.3, -0.25) is 0 Å². The van der Waals surface area contributed by atoms with Crippen molar-refractivity contribution in [3.05, 3.63) is 59.2 Å². The molecule has 0 aromatic heterocycles. The SMILES string of the molecule is Cc1ccccc1-c1cccc(C#N)c1C. The van der Waals surface area contributed by atoms with Crippen LogP contribution in [0.4, 0.5) is 0 Å². The van der Waals surface area contributed by atoms with Gasteiger partial charge in [0.05, 0.1) is 11.6 Å². The molecule has 0 heterocycles. The van der Waals surface area contributed by atoms with Crippen LogP contribution in [0.25, 0.3) is 11.1 Å². The van der Waals surface area contributed by atoms with E-state index in [2.05, 4.69) is 31.2 Å². The third-order valence-electron chi connectivity index (χ3n) is 2.89.